The highest BCUT2D eigenvalue weighted by Crippen LogP contribution is 2.66. The largest absolute Gasteiger partial charge is 0.394 e. The van der Waals surface area contributed by atoms with Gasteiger partial charge in [0.2, 0.25) is 11.8 Å². The number of carbonyl (C=O) groups is 3. The average Bonchev–Trinajstić information content (AvgIpc) is 3.28. The maximum Gasteiger partial charge on any atom is 0.251 e. The Labute approximate surface area is 262 Å². The van der Waals surface area contributed by atoms with E-state index in [9.17, 15) is 19.5 Å². The third-order valence-electron chi connectivity index (χ3n) is 9.92. The van der Waals surface area contributed by atoms with Crippen LogP contribution in [-0.2, 0) is 14.4 Å². The van der Waals surface area contributed by atoms with E-state index in [0.717, 1.165) is 22.1 Å². The minimum atomic E-state index is -0.985. The third kappa shape index (κ3) is 4.18. The number of aliphatic hydroxyl groups is 1. The number of likely N-dealkylation sites (tertiary alicyclic amines) is 1. The number of nitrogens with zero attached hydrogens (tertiary/aromatic N) is 3. The third-order valence-corrected chi connectivity index (χ3v) is 11.7. The summed E-state index contributed by atoms with van der Waals surface area (Å²) in [6.07, 6.45) is 8.11. The molecule has 1 unspecified atom stereocenters. The molecule has 0 aromatic heterocycles. The van der Waals surface area contributed by atoms with E-state index < -0.39 is 33.4 Å². The molecule has 4 aliphatic heterocycles. The van der Waals surface area contributed by atoms with Crippen LogP contribution < -0.4 is 9.80 Å². The molecular weight excluding hydrogens is 570 g/mol. The molecule has 0 bridgehead atoms. The van der Waals surface area contributed by atoms with Gasteiger partial charge in [0.25, 0.3) is 5.91 Å². The molecule has 4 aliphatic rings. The first-order valence-electron chi connectivity index (χ1n) is 15.4. The Hall–Kier alpha value is -3.88. The van der Waals surface area contributed by atoms with Crippen molar-refractivity contribution in [3.63, 3.8) is 0 Å². The molecular formula is C36H37N3O4S. The second-order valence-corrected chi connectivity index (χ2v) is 14.6. The van der Waals surface area contributed by atoms with Crippen molar-refractivity contribution in [1.29, 1.82) is 0 Å². The van der Waals surface area contributed by atoms with E-state index in [1.54, 1.807) is 26.5 Å². The summed E-state index contributed by atoms with van der Waals surface area (Å²) in [6.45, 7) is 6.43. The molecule has 4 heterocycles. The van der Waals surface area contributed by atoms with Crippen molar-refractivity contribution in [3.8, 4) is 0 Å². The zero-order valence-corrected chi connectivity index (χ0v) is 26.0. The minimum absolute atomic E-state index is 0.101. The standard InChI is InChI=1S/C36H37N3O4S/c1-23(2)28(22-40)39-31-34(43)38(27-16-15-24-11-7-8-12-25(24)21-27)20-10-18-36(31)30(33(39)42)29-32(41)37(26-13-5-4-6-14-26)19-9-17-35(29,3)44-36/h4-18,21,23,28-31,40H,19-20,22H2,1-3H3/t28-,29-,30-,31?,35+,36-/m0/s1. The molecule has 1 spiro atoms. The van der Waals surface area contributed by atoms with Crippen molar-refractivity contribution < 1.29 is 19.5 Å². The van der Waals surface area contributed by atoms with Gasteiger partial charge in [0, 0.05) is 29.2 Å². The Bertz CT molecular complexity index is 1710. The molecule has 226 valence electrons. The van der Waals surface area contributed by atoms with Gasteiger partial charge in [-0.2, -0.15) is 0 Å². The van der Waals surface area contributed by atoms with E-state index >= 15 is 0 Å². The van der Waals surface area contributed by atoms with Crippen LogP contribution in [0.4, 0.5) is 11.4 Å². The van der Waals surface area contributed by atoms with E-state index in [-0.39, 0.29) is 30.2 Å². The Morgan fingerprint density at radius 2 is 1.45 bits per heavy atom. The number of amides is 3. The molecule has 3 amide bonds. The van der Waals surface area contributed by atoms with Crippen molar-refractivity contribution >= 4 is 51.6 Å². The van der Waals surface area contributed by atoms with Crippen molar-refractivity contribution in [2.45, 2.75) is 42.3 Å². The van der Waals surface area contributed by atoms with E-state index in [0.29, 0.717) is 13.1 Å². The van der Waals surface area contributed by atoms with Crippen LogP contribution in [0.25, 0.3) is 10.8 Å². The van der Waals surface area contributed by atoms with Crippen molar-refractivity contribution in [1.82, 2.24) is 4.90 Å². The molecule has 2 saturated heterocycles. The lowest BCUT2D eigenvalue weighted by atomic mass is 9.74. The predicted molar refractivity (Wildman–Crippen MR) is 175 cm³/mol. The van der Waals surface area contributed by atoms with Gasteiger partial charge in [0.15, 0.2) is 0 Å². The normalized spacial score (nSPS) is 30.4. The molecule has 0 saturated carbocycles. The zero-order chi connectivity index (χ0) is 30.8. The van der Waals surface area contributed by atoms with Crippen molar-refractivity contribution in [2.24, 2.45) is 17.8 Å². The first kappa shape index (κ1) is 28.9. The van der Waals surface area contributed by atoms with Crippen LogP contribution in [0.3, 0.4) is 0 Å². The molecule has 2 fully saturated rings. The van der Waals surface area contributed by atoms with Crippen molar-refractivity contribution in [3.05, 3.63) is 97.1 Å². The fraction of sp³-hybridized carbons (Fsp3) is 0.361. The molecule has 3 aromatic rings. The number of hydrogen-bond donors (Lipinski definition) is 1. The summed E-state index contributed by atoms with van der Waals surface area (Å²) in [5.41, 5.74) is 1.53. The first-order valence-corrected chi connectivity index (χ1v) is 16.2. The molecule has 7 rings (SSSR count). The molecule has 8 heteroatoms. The van der Waals surface area contributed by atoms with Crippen molar-refractivity contribution in [2.75, 3.05) is 29.5 Å². The quantitative estimate of drug-likeness (QED) is 0.411. The molecule has 1 N–H and O–H groups in total. The fourth-order valence-corrected chi connectivity index (χ4v) is 10.00. The number of carbonyl (C=O) groups excluding carboxylic acids is 3. The average molecular weight is 608 g/mol. The summed E-state index contributed by atoms with van der Waals surface area (Å²) < 4.78 is -1.69. The smallest absolute Gasteiger partial charge is 0.251 e. The van der Waals surface area contributed by atoms with Gasteiger partial charge < -0.3 is 19.8 Å². The summed E-state index contributed by atoms with van der Waals surface area (Å²) in [7, 11) is 0. The Kier molecular flexibility index (Phi) is 6.98. The lowest BCUT2D eigenvalue weighted by Crippen LogP contribution is -2.58. The second kappa shape index (κ2) is 10.6. The Balaban J connectivity index is 1.37. The van der Waals surface area contributed by atoms with Gasteiger partial charge in [0.05, 0.1) is 29.2 Å². The van der Waals surface area contributed by atoms with E-state index in [2.05, 4.69) is 6.08 Å². The SMILES string of the molecule is CC(C)[C@H](CO)N1C(=O)[C@@H]2[C@H]3C(=O)N(c4ccccc4)CC=C[C@@]3(C)S[C@@]23C=CCN(c2ccc4ccccc4c2)C(=O)C13. The van der Waals surface area contributed by atoms with Gasteiger partial charge >= 0.3 is 0 Å². The Morgan fingerprint density at radius 3 is 2.16 bits per heavy atom. The van der Waals surface area contributed by atoms with Crippen LogP contribution in [0.15, 0.2) is 97.1 Å². The number of rotatable bonds is 5. The van der Waals surface area contributed by atoms with Crippen LogP contribution in [0.5, 0.6) is 0 Å². The Morgan fingerprint density at radius 1 is 0.795 bits per heavy atom. The minimum Gasteiger partial charge on any atom is -0.394 e. The fourth-order valence-electron chi connectivity index (χ4n) is 7.85. The van der Waals surface area contributed by atoms with Crippen LogP contribution in [0.1, 0.15) is 20.8 Å². The highest BCUT2D eigenvalue weighted by atomic mass is 32.2. The van der Waals surface area contributed by atoms with Gasteiger partial charge in [-0.05, 0) is 47.9 Å². The van der Waals surface area contributed by atoms with Gasteiger partial charge in [-0.1, -0.05) is 86.7 Å². The highest BCUT2D eigenvalue weighted by Gasteiger charge is 2.74. The van der Waals surface area contributed by atoms with Crippen LogP contribution in [0.2, 0.25) is 0 Å². The number of fused-ring (bicyclic) bond motifs is 3. The summed E-state index contributed by atoms with van der Waals surface area (Å²) in [6, 6.07) is 22.1. The number of benzene rings is 3. The van der Waals surface area contributed by atoms with E-state index in [4.69, 9.17) is 0 Å². The van der Waals surface area contributed by atoms with Crippen LogP contribution in [-0.4, -0.2) is 69.0 Å². The number of thioether (sulfide) groups is 1. The molecule has 3 aromatic carbocycles. The molecule has 0 radical (unpaired) electrons. The number of hydrogen-bond acceptors (Lipinski definition) is 5. The molecule has 7 nitrogen and oxygen atoms in total. The van der Waals surface area contributed by atoms with Gasteiger partial charge in [-0.3, -0.25) is 14.4 Å². The second-order valence-electron chi connectivity index (χ2n) is 12.8. The summed E-state index contributed by atoms with van der Waals surface area (Å²) in [5.74, 6) is -2.11. The van der Waals surface area contributed by atoms with E-state index in [1.807, 2.05) is 112 Å². The molecule has 44 heavy (non-hydrogen) atoms. The lowest BCUT2D eigenvalue weighted by Gasteiger charge is -2.41. The van der Waals surface area contributed by atoms with Gasteiger partial charge in [-0.25, -0.2) is 0 Å². The first-order chi connectivity index (χ1) is 21.2. The van der Waals surface area contributed by atoms with Gasteiger partial charge in [-0.15, -0.1) is 11.8 Å². The topological polar surface area (TPSA) is 81.2 Å². The lowest BCUT2D eigenvalue weighted by molar-refractivity contribution is -0.143. The maximum absolute atomic E-state index is 14.9. The number of aliphatic hydroxyl groups excluding tert-OH is 1. The summed E-state index contributed by atoms with van der Waals surface area (Å²) in [5, 5.41) is 12.7. The zero-order valence-electron chi connectivity index (χ0n) is 25.2. The van der Waals surface area contributed by atoms with Crippen LogP contribution in [0, 0.1) is 17.8 Å². The monoisotopic (exact) mass is 607 g/mol. The molecule has 0 aliphatic carbocycles. The summed E-state index contributed by atoms with van der Waals surface area (Å²) in [4.78, 5) is 49.5. The predicted octanol–water partition coefficient (Wildman–Crippen LogP) is 5.05. The summed E-state index contributed by atoms with van der Waals surface area (Å²) >= 11 is 1.56. The van der Waals surface area contributed by atoms with Gasteiger partial charge in [0.1, 0.15) is 6.04 Å². The maximum atomic E-state index is 14.9. The van der Waals surface area contributed by atoms with E-state index in [1.165, 1.54) is 0 Å². The number of para-hydroxylation sites is 1. The molecule has 6 atom stereocenters. The van der Waals surface area contributed by atoms with Crippen LogP contribution >= 0.6 is 11.8 Å². The number of anilines is 2. The highest BCUT2D eigenvalue weighted by molar-refractivity contribution is 8.02.